The number of anilines is 1. The Bertz CT molecular complexity index is 397. The highest BCUT2D eigenvalue weighted by atomic mass is 16.1. The van der Waals surface area contributed by atoms with Crippen LogP contribution in [0.1, 0.15) is 37.7 Å². The number of hydrogen-bond acceptors (Lipinski definition) is 2. The average molecular weight is 246 g/mol. The second-order valence-electron chi connectivity index (χ2n) is 5.10. The van der Waals surface area contributed by atoms with Gasteiger partial charge in [-0.2, -0.15) is 0 Å². The van der Waals surface area contributed by atoms with E-state index in [1.807, 2.05) is 31.2 Å². The van der Waals surface area contributed by atoms with Gasteiger partial charge >= 0.3 is 0 Å². The Morgan fingerprint density at radius 2 is 2.33 bits per heavy atom. The summed E-state index contributed by atoms with van der Waals surface area (Å²) in [5, 5.41) is 6.42. The van der Waals surface area contributed by atoms with E-state index >= 15 is 0 Å². The number of amides is 1. The molecule has 1 amide bonds. The average Bonchev–Trinajstić information content (AvgIpc) is 2.38. The van der Waals surface area contributed by atoms with E-state index in [0.29, 0.717) is 12.5 Å². The van der Waals surface area contributed by atoms with E-state index in [4.69, 9.17) is 0 Å². The fourth-order valence-electron chi connectivity index (χ4n) is 2.42. The molecular weight excluding hydrogens is 224 g/mol. The minimum absolute atomic E-state index is 0.118. The third-order valence-corrected chi connectivity index (χ3v) is 3.43. The predicted molar refractivity (Wildman–Crippen MR) is 74.7 cm³/mol. The summed E-state index contributed by atoms with van der Waals surface area (Å²) in [5.74, 6) is 0.118. The van der Waals surface area contributed by atoms with Crippen LogP contribution in [0.25, 0.3) is 0 Å². The van der Waals surface area contributed by atoms with Gasteiger partial charge < -0.3 is 10.6 Å². The van der Waals surface area contributed by atoms with Crippen molar-refractivity contribution >= 4 is 11.6 Å². The predicted octanol–water partition coefficient (Wildman–Crippen LogP) is 2.86. The molecule has 1 atom stereocenters. The van der Waals surface area contributed by atoms with Crippen molar-refractivity contribution in [3.8, 4) is 0 Å². The standard InChI is InChI=1S/C15H22N2O/c1-12-5-4-7-14(11-12)17-15(18)9-8-13-6-2-3-10-16-13/h4-5,7,11,13,16H,2-3,6,8-10H2,1H3,(H,17,18). The highest BCUT2D eigenvalue weighted by Crippen LogP contribution is 2.13. The molecule has 1 aliphatic heterocycles. The maximum Gasteiger partial charge on any atom is 0.224 e. The van der Waals surface area contributed by atoms with Gasteiger partial charge in [0.1, 0.15) is 0 Å². The van der Waals surface area contributed by atoms with Gasteiger partial charge in [-0.3, -0.25) is 4.79 Å². The molecule has 1 aromatic carbocycles. The molecule has 0 aromatic heterocycles. The summed E-state index contributed by atoms with van der Waals surface area (Å²) in [6.45, 7) is 3.13. The van der Waals surface area contributed by atoms with Crippen molar-refractivity contribution in [2.45, 2.75) is 45.1 Å². The molecule has 1 heterocycles. The van der Waals surface area contributed by atoms with Gasteiger partial charge in [0, 0.05) is 18.2 Å². The molecule has 2 N–H and O–H groups in total. The Labute approximate surface area is 109 Å². The molecule has 1 aromatic rings. The Morgan fingerprint density at radius 3 is 3.06 bits per heavy atom. The summed E-state index contributed by atoms with van der Waals surface area (Å²) in [5.41, 5.74) is 2.07. The zero-order valence-corrected chi connectivity index (χ0v) is 11.0. The van der Waals surface area contributed by atoms with Crippen molar-refractivity contribution in [1.82, 2.24) is 5.32 Å². The molecule has 1 fully saturated rings. The summed E-state index contributed by atoms with van der Waals surface area (Å²) >= 11 is 0. The minimum Gasteiger partial charge on any atom is -0.326 e. The van der Waals surface area contributed by atoms with Crippen LogP contribution in [0.5, 0.6) is 0 Å². The normalized spacial score (nSPS) is 19.5. The number of rotatable bonds is 4. The van der Waals surface area contributed by atoms with Crippen molar-refractivity contribution in [3.05, 3.63) is 29.8 Å². The maximum absolute atomic E-state index is 11.8. The molecule has 0 radical (unpaired) electrons. The van der Waals surface area contributed by atoms with Crippen molar-refractivity contribution in [1.29, 1.82) is 0 Å². The van der Waals surface area contributed by atoms with Crippen LogP contribution in [-0.4, -0.2) is 18.5 Å². The number of nitrogens with one attached hydrogen (secondary N) is 2. The summed E-state index contributed by atoms with van der Waals surface area (Å²) < 4.78 is 0. The topological polar surface area (TPSA) is 41.1 Å². The molecule has 0 aliphatic carbocycles. The van der Waals surface area contributed by atoms with Crippen LogP contribution in [-0.2, 0) is 4.79 Å². The van der Waals surface area contributed by atoms with Crippen LogP contribution in [0, 0.1) is 6.92 Å². The Hall–Kier alpha value is -1.35. The van der Waals surface area contributed by atoms with Gasteiger partial charge in [-0.05, 0) is 50.4 Å². The molecule has 0 spiro atoms. The second kappa shape index (κ2) is 6.55. The lowest BCUT2D eigenvalue weighted by atomic mass is 10.0. The van der Waals surface area contributed by atoms with Gasteiger partial charge in [0.25, 0.3) is 0 Å². The van der Waals surface area contributed by atoms with Gasteiger partial charge in [-0.15, -0.1) is 0 Å². The van der Waals surface area contributed by atoms with E-state index in [9.17, 15) is 4.79 Å². The van der Waals surface area contributed by atoms with Gasteiger partial charge in [0.15, 0.2) is 0 Å². The summed E-state index contributed by atoms with van der Waals surface area (Å²) in [7, 11) is 0. The number of piperidine rings is 1. The smallest absolute Gasteiger partial charge is 0.224 e. The van der Waals surface area contributed by atoms with Crippen LogP contribution < -0.4 is 10.6 Å². The summed E-state index contributed by atoms with van der Waals surface area (Å²) in [6, 6.07) is 8.46. The van der Waals surface area contributed by atoms with E-state index in [2.05, 4.69) is 10.6 Å². The summed E-state index contributed by atoms with van der Waals surface area (Å²) in [4.78, 5) is 11.8. The fraction of sp³-hybridized carbons (Fsp3) is 0.533. The highest BCUT2D eigenvalue weighted by Gasteiger charge is 2.13. The molecule has 3 heteroatoms. The highest BCUT2D eigenvalue weighted by molar-refractivity contribution is 5.90. The molecule has 2 rings (SSSR count). The van der Waals surface area contributed by atoms with Crippen LogP contribution >= 0.6 is 0 Å². The van der Waals surface area contributed by atoms with Gasteiger partial charge in [-0.1, -0.05) is 18.6 Å². The molecule has 98 valence electrons. The SMILES string of the molecule is Cc1cccc(NC(=O)CCC2CCCCN2)c1. The van der Waals surface area contributed by atoms with Gasteiger partial charge in [0.2, 0.25) is 5.91 Å². The molecule has 1 unspecified atom stereocenters. The largest absolute Gasteiger partial charge is 0.326 e. The van der Waals surface area contributed by atoms with E-state index in [0.717, 1.165) is 18.7 Å². The quantitative estimate of drug-likeness (QED) is 0.857. The zero-order chi connectivity index (χ0) is 12.8. The first-order valence-electron chi connectivity index (χ1n) is 6.84. The first-order valence-corrected chi connectivity index (χ1v) is 6.84. The van der Waals surface area contributed by atoms with Crippen molar-refractivity contribution in [3.63, 3.8) is 0 Å². The first-order chi connectivity index (χ1) is 8.74. The van der Waals surface area contributed by atoms with E-state index in [-0.39, 0.29) is 5.91 Å². The Morgan fingerprint density at radius 1 is 1.44 bits per heavy atom. The molecule has 0 saturated carbocycles. The Balaban J connectivity index is 1.74. The van der Waals surface area contributed by atoms with Gasteiger partial charge in [0.05, 0.1) is 0 Å². The minimum atomic E-state index is 0.118. The molecule has 1 saturated heterocycles. The number of carbonyl (C=O) groups is 1. The second-order valence-corrected chi connectivity index (χ2v) is 5.10. The number of carbonyl (C=O) groups excluding carboxylic acids is 1. The van der Waals surface area contributed by atoms with Gasteiger partial charge in [-0.25, -0.2) is 0 Å². The van der Waals surface area contributed by atoms with Crippen LogP contribution in [0.2, 0.25) is 0 Å². The first kappa shape index (κ1) is 13.1. The van der Waals surface area contributed by atoms with E-state index in [1.54, 1.807) is 0 Å². The molecule has 0 bridgehead atoms. The Kier molecular flexibility index (Phi) is 4.76. The van der Waals surface area contributed by atoms with Crippen LogP contribution in [0.3, 0.4) is 0 Å². The number of benzene rings is 1. The van der Waals surface area contributed by atoms with E-state index in [1.165, 1.54) is 24.8 Å². The van der Waals surface area contributed by atoms with E-state index < -0.39 is 0 Å². The fourth-order valence-corrected chi connectivity index (χ4v) is 2.42. The van der Waals surface area contributed by atoms with Crippen molar-refractivity contribution in [2.24, 2.45) is 0 Å². The molecule has 3 nitrogen and oxygen atoms in total. The number of aryl methyl sites for hydroxylation is 1. The zero-order valence-electron chi connectivity index (χ0n) is 11.0. The third-order valence-electron chi connectivity index (χ3n) is 3.43. The number of hydrogen-bond donors (Lipinski definition) is 2. The lowest BCUT2D eigenvalue weighted by Crippen LogP contribution is -2.34. The van der Waals surface area contributed by atoms with Crippen molar-refractivity contribution in [2.75, 3.05) is 11.9 Å². The third kappa shape index (κ3) is 4.15. The summed E-state index contributed by atoms with van der Waals surface area (Å²) in [6.07, 6.45) is 5.31. The van der Waals surface area contributed by atoms with Crippen LogP contribution in [0.15, 0.2) is 24.3 Å². The van der Waals surface area contributed by atoms with Crippen LogP contribution in [0.4, 0.5) is 5.69 Å². The lowest BCUT2D eigenvalue weighted by molar-refractivity contribution is -0.116. The monoisotopic (exact) mass is 246 g/mol. The lowest BCUT2D eigenvalue weighted by Gasteiger charge is -2.23. The molecule has 18 heavy (non-hydrogen) atoms. The van der Waals surface area contributed by atoms with Crippen molar-refractivity contribution < 1.29 is 4.79 Å². The maximum atomic E-state index is 11.8. The molecule has 1 aliphatic rings. The molecular formula is C15H22N2O.